The summed E-state index contributed by atoms with van der Waals surface area (Å²) in [6.45, 7) is 2.71. The highest BCUT2D eigenvalue weighted by molar-refractivity contribution is 5.91. The molecule has 2 rings (SSSR count). The summed E-state index contributed by atoms with van der Waals surface area (Å²) >= 11 is 0. The second kappa shape index (κ2) is 6.52. The molecule has 0 radical (unpaired) electrons. The minimum atomic E-state index is 0.0991. The van der Waals surface area contributed by atoms with Gasteiger partial charge in [0.1, 0.15) is 0 Å². The van der Waals surface area contributed by atoms with Crippen LogP contribution in [0, 0.1) is 5.92 Å². The lowest BCUT2D eigenvalue weighted by atomic mass is 9.98. The number of piperidine rings is 1. The topological polar surface area (TPSA) is 50.2 Å². The van der Waals surface area contributed by atoms with Gasteiger partial charge in [-0.15, -0.1) is 0 Å². The van der Waals surface area contributed by atoms with Crippen LogP contribution in [-0.4, -0.2) is 47.3 Å². The molecule has 5 nitrogen and oxygen atoms in total. The Morgan fingerprint density at radius 1 is 1.63 bits per heavy atom. The van der Waals surface area contributed by atoms with Crippen LogP contribution in [0.1, 0.15) is 18.5 Å². The summed E-state index contributed by atoms with van der Waals surface area (Å²) in [5, 5.41) is 7.27. The van der Waals surface area contributed by atoms with E-state index < -0.39 is 0 Å². The molecule has 2 heterocycles. The Bertz CT molecular complexity index is 450. The lowest BCUT2D eigenvalue weighted by molar-refractivity contribution is -0.127. The standard InChI is InChI=1S/C14H22N4O/c1-15-10-12-4-3-9-18(11-12)14(19)6-5-13-7-8-16-17(13)2/h5-8,12,15H,3-4,9-11H2,1-2H3. The monoisotopic (exact) mass is 262 g/mol. The number of nitrogens with one attached hydrogen (secondary N) is 1. The maximum Gasteiger partial charge on any atom is 0.246 e. The van der Waals surface area contributed by atoms with E-state index in [0.717, 1.165) is 31.7 Å². The Morgan fingerprint density at radius 3 is 3.16 bits per heavy atom. The van der Waals surface area contributed by atoms with Gasteiger partial charge in [0.25, 0.3) is 0 Å². The maximum absolute atomic E-state index is 12.1. The lowest BCUT2D eigenvalue weighted by Gasteiger charge is -2.32. The Balaban J connectivity index is 1.92. The highest BCUT2D eigenvalue weighted by atomic mass is 16.2. The van der Waals surface area contributed by atoms with Crippen LogP contribution >= 0.6 is 0 Å². The number of carbonyl (C=O) groups excluding carboxylic acids is 1. The first kappa shape index (κ1) is 13.8. The molecule has 1 aromatic rings. The van der Waals surface area contributed by atoms with Crippen LogP contribution in [0.2, 0.25) is 0 Å². The van der Waals surface area contributed by atoms with Crippen molar-refractivity contribution in [2.45, 2.75) is 12.8 Å². The van der Waals surface area contributed by atoms with Crippen LogP contribution in [0.25, 0.3) is 6.08 Å². The molecule has 1 amide bonds. The highest BCUT2D eigenvalue weighted by Gasteiger charge is 2.21. The molecule has 1 aromatic heterocycles. The van der Waals surface area contributed by atoms with E-state index in [-0.39, 0.29) is 5.91 Å². The third-order valence-electron chi connectivity index (χ3n) is 3.58. The molecule has 0 spiro atoms. The molecule has 1 saturated heterocycles. The summed E-state index contributed by atoms with van der Waals surface area (Å²) in [6, 6.07) is 1.89. The van der Waals surface area contributed by atoms with E-state index in [0.29, 0.717) is 5.92 Å². The van der Waals surface area contributed by atoms with E-state index in [4.69, 9.17) is 0 Å². The van der Waals surface area contributed by atoms with Gasteiger partial charge in [0, 0.05) is 32.4 Å². The van der Waals surface area contributed by atoms with Crippen molar-refractivity contribution >= 4 is 12.0 Å². The third-order valence-corrected chi connectivity index (χ3v) is 3.58. The van der Waals surface area contributed by atoms with Gasteiger partial charge in [0.15, 0.2) is 0 Å². The minimum absolute atomic E-state index is 0.0991. The second-order valence-corrected chi connectivity index (χ2v) is 5.06. The fourth-order valence-corrected chi connectivity index (χ4v) is 2.53. The first-order valence-corrected chi connectivity index (χ1v) is 6.80. The lowest BCUT2D eigenvalue weighted by Crippen LogP contribution is -2.41. The number of aromatic nitrogens is 2. The number of aryl methyl sites for hydroxylation is 1. The number of hydrogen-bond donors (Lipinski definition) is 1. The zero-order valence-corrected chi connectivity index (χ0v) is 11.7. The van der Waals surface area contributed by atoms with Gasteiger partial charge in [-0.3, -0.25) is 9.48 Å². The molecule has 1 fully saturated rings. The van der Waals surface area contributed by atoms with Crippen LogP contribution in [0.5, 0.6) is 0 Å². The fraction of sp³-hybridized carbons (Fsp3) is 0.571. The third kappa shape index (κ3) is 3.67. The summed E-state index contributed by atoms with van der Waals surface area (Å²) in [4.78, 5) is 14.1. The van der Waals surface area contributed by atoms with Crippen LogP contribution < -0.4 is 5.32 Å². The number of amides is 1. The molecule has 104 valence electrons. The number of likely N-dealkylation sites (tertiary alicyclic amines) is 1. The van der Waals surface area contributed by atoms with Gasteiger partial charge in [-0.1, -0.05) is 0 Å². The molecule has 0 aromatic carbocycles. The summed E-state index contributed by atoms with van der Waals surface area (Å²) < 4.78 is 1.75. The largest absolute Gasteiger partial charge is 0.339 e. The van der Waals surface area contributed by atoms with Gasteiger partial charge in [-0.2, -0.15) is 5.10 Å². The van der Waals surface area contributed by atoms with Crippen molar-refractivity contribution in [3.05, 3.63) is 24.0 Å². The average Bonchev–Trinajstić information content (AvgIpc) is 2.82. The molecule has 5 heteroatoms. The fourth-order valence-electron chi connectivity index (χ4n) is 2.53. The van der Waals surface area contributed by atoms with Gasteiger partial charge in [0.2, 0.25) is 5.91 Å². The Kier molecular flexibility index (Phi) is 4.74. The average molecular weight is 262 g/mol. The van der Waals surface area contributed by atoms with Crippen molar-refractivity contribution < 1.29 is 4.79 Å². The highest BCUT2D eigenvalue weighted by Crippen LogP contribution is 2.16. The summed E-state index contributed by atoms with van der Waals surface area (Å²) in [7, 11) is 3.83. The first-order valence-electron chi connectivity index (χ1n) is 6.80. The molecule has 1 N–H and O–H groups in total. The van der Waals surface area contributed by atoms with Gasteiger partial charge < -0.3 is 10.2 Å². The maximum atomic E-state index is 12.1. The van der Waals surface area contributed by atoms with E-state index in [1.807, 2.05) is 31.1 Å². The normalized spacial score (nSPS) is 20.1. The van der Waals surface area contributed by atoms with Crippen molar-refractivity contribution in [1.82, 2.24) is 20.0 Å². The van der Waals surface area contributed by atoms with Gasteiger partial charge >= 0.3 is 0 Å². The molecule has 0 saturated carbocycles. The molecule has 1 atom stereocenters. The van der Waals surface area contributed by atoms with Crippen molar-refractivity contribution in [3.8, 4) is 0 Å². The Hall–Kier alpha value is -1.62. The zero-order chi connectivity index (χ0) is 13.7. The van der Waals surface area contributed by atoms with Crippen LogP contribution in [0.3, 0.4) is 0 Å². The summed E-state index contributed by atoms with van der Waals surface area (Å²) in [5.41, 5.74) is 0.942. The van der Waals surface area contributed by atoms with Crippen molar-refractivity contribution in [3.63, 3.8) is 0 Å². The zero-order valence-electron chi connectivity index (χ0n) is 11.7. The smallest absolute Gasteiger partial charge is 0.246 e. The Morgan fingerprint density at radius 2 is 2.47 bits per heavy atom. The van der Waals surface area contributed by atoms with Crippen LogP contribution in [0.15, 0.2) is 18.3 Å². The second-order valence-electron chi connectivity index (χ2n) is 5.06. The van der Waals surface area contributed by atoms with Crippen molar-refractivity contribution in [2.75, 3.05) is 26.7 Å². The summed E-state index contributed by atoms with van der Waals surface area (Å²) in [6.07, 6.45) is 7.51. The Labute approximate surface area is 114 Å². The van der Waals surface area contributed by atoms with Gasteiger partial charge in [-0.05, 0) is 44.5 Å². The summed E-state index contributed by atoms with van der Waals surface area (Å²) in [5.74, 6) is 0.676. The van der Waals surface area contributed by atoms with E-state index in [2.05, 4.69) is 10.4 Å². The quantitative estimate of drug-likeness (QED) is 0.820. The minimum Gasteiger partial charge on any atom is -0.339 e. The number of rotatable bonds is 4. The van der Waals surface area contributed by atoms with Crippen LogP contribution in [0.4, 0.5) is 0 Å². The van der Waals surface area contributed by atoms with Crippen molar-refractivity contribution in [2.24, 2.45) is 13.0 Å². The molecule has 1 unspecified atom stereocenters. The predicted octanol–water partition coefficient (Wildman–Crippen LogP) is 0.891. The SMILES string of the molecule is CNCC1CCCN(C(=O)C=Cc2ccnn2C)C1. The van der Waals surface area contributed by atoms with Gasteiger partial charge in [-0.25, -0.2) is 0 Å². The first-order chi connectivity index (χ1) is 9.20. The molecule has 1 aliphatic heterocycles. The number of nitrogens with zero attached hydrogens (tertiary/aromatic N) is 3. The van der Waals surface area contributed by atoms with E-state index in [9.17, 15) is 4.79 Å². The number of hydrogen-bond acceptors (Lipinski definition) is 3. The van der Waals surface area contributed by atoms with Gasteiger partial charge in [0.05, 0.1) is 5.69 Å². The molecular formula is C14H22N4O. The van der Waals surface area contributed by atoms with E-state index in [1.165, 1.54) is 6.42 Å². The van der Waals surface area contributed by atoms with Crippen LogP contribution in [-0.2, 0) is 11.8 Å². The molecule has 1 aliphatic rings. The van der Waals surface area contributed by atoms with E-state index in [1.54, 1.807) is 17.0 Å². The number of carbonyl (C=O) groups is 1. The molecule has 0 bridgehead atoms. The van der Waals surface area contributed by atoms with Crippen molar-refractivity contribution in [1.29, 1.82) is 0 Å². The molecule has 0 aliphatic carbocycles. The molecule has 19 heavy (non-hydrogen) atoms. The van der Waals surface area contributed by atoms with E-state index >= 15 is 0 Å². The predicted molar refractivity (Wildman–Crippen MR) is 75.5 cm³/mol. The molecular weight excluding hydrogens is 240 g/mol.